The summed E-state index contributed by atoms with van der Waals surface area (Å²) >= 11 is 3.61. The molecule has 0 saturated carbocycles. The number of rotatable bonds is 6. The monoisotopic (exact) mass is 312 g/mol. The Labute approximate surface area is 118 Å². The van der Waals surface area contributed by atoms with Gasteiger partial charge >= 0.3 is 5.97 Å². The Kier molecular flexibility index (Phi) is 5.86. The molecule has 0 amide bonds. The lowest BCUT2D eigenvalue weighted by atomic mass is 9.92. The van der Waals surface area contributed by atoms with Crippen LogP contribution in [0.1, 0.15) is 50.7 Å². The van der Waals surface area contributed by atoms with E-state index in [1.165, 1.54) is 5.56 Å². The first-order valence-corrected chi connectivity index (χ1v) is 7.29. The van der Waals surface area contributed by atoms with Crippen molar-refractivity contribution in [1.29, 1.82) is 0 Å². The van der Waals surface area contributed by atoms with E-state index in [2.05, 4.69) is 48.0 Å². The zero-order valence-electron chi connectivity index (χ0n) is 11.2. The van der Waals surface area contributed by atoms with Gasteiger partial charge in [0, 0.05) is 4.47 Å². The van der Waals surface area contributed by atoms with E-state index in [1.54, 1.807) is 6.92 Å². The lowest BCUT2D eigenvalue weighted by Crippen LogP contribution is -2.12. The number of aliphatic carboxylic acids is 1. The number of carboxylic acids is 1. The van der Waals surface area contributed by atoms with Gasteiger partial charge in [-0.15, -0.1) is 0 Å². The zero-order chi connectivity index (χ0) is 13.7. The predicted molar refractivity (Wildman–Crippen MR) is 78.0 cm³/mol. The van der Waals surface area contributed by atoms with Crippen LogP contribution in [0.3, 0.4) is 0 Å². The van der Waals surface area contributed by atoms with Crippen molar-refractivity contribution in [1.82, 2.24) is 0 Å². The van der Waals surface area contributed by atoms with Crippen molar-refractivity contribution >= 4 is 21.9 Å². The minimum atomic E-state index is -0.741. The van der Waals surface area contributed by atoms with Gasteiger partial charge in [0.05, 0.1) is 5.92 Å². The van der Waals surface area contributed by atoms with Gasteiger partial charge in [0.2, 0.25) is 0 Å². The van der Waals surface area contributed by atoms with Crippen molar-refractivity contribution in [3.63, 3.8) is 0 Å². The van der Waals surface area contributed by atoms with E-state index in [9.17, 15) is 4.79 Å². The second-order valence-corrected chi connectivity index (χ2v) is 5.67. The first-order chi connectivity index (χ1) is 8.49. The molecule has 1 rings (SSSR count). The fourth-order valence-electron chi connectivity index (χ4n) is 2.20. The van der Waals surface area contributed by atoms with Crippen molar-refractivity contribution in [3.8, 4) is 0 Å². The first-order valence-electron chi connectivity index (χ1n) is 6.50. The van der Waals surface area contributed by atoms with Crippen LogP contribution in [0.5, 0.6) is 0 Å². The molecule has 100 valence electrons. The van der Waals surface area contributed by atoms with E-state index in [0.717, 1.165) is 22.9 Å². The van der Waals surface area contributed by atoms with Gasteiger partial charge in [-0.05, 0) is 42.4 Å². The Balaban J connectivity index is 2.88. The predicted octanol–water partition coefficient (Wildman–Crippen LogP) is 4.62. The van der Waals surface area contributed by atoms with Gasteiger partial charge in [0.25, 0.3) is 0 Å². The summed E-state index contributed by atoms with van der Waals surface area (Å²) in [5.74, 6) is -0.503. The minimum Gasteiger partial charge on any atom is -0.481 e. The van der Waals surface area contributed by atoms with E-state index in [-0.39, 0.29) is 5.92 Å². The van der Waals surface area contributed by atoms with Crippen LogP contribution in [0.15, 0.2) is 22.7 Å². The van der Waals surface area contributed by atoms with E-state index < -0.39 is 5.97 Å². The molecule has 3 heteroatoms. The Bertz CT molecular complexity index is 411. The van der Waals surface area contributed by atoms with Gasteiger partial charge in [-0.25, -0.2) is 0 Å². The summed E-state index contributed by atoms with van der Waals surface area (Å²) in [4.78, 5) is 10.8. The fraction of sp³-hybridized carbons (Fsp3) is 0.533. The van der Waals surface area contributed by atoms with Crippen LogP contribution < -0.4 is 0 Å². The third kappa shape index (κ3) is 3.84. The molecule has 2 nitrogen and oxygen atoms in total. The topological polar surface area (TPSA) is 37.3 Å². The zero-order valence-corrected chi connectivity index (χ0v) is 12.8. The summed E-state index contributed by atoms with van der Waals surface area (Å²) in [6.45, 7) is 6.13. The quantitative estimate of drug-likeness (QED) is 0.832. The third-order valence-electron chi connectivity index (χ3n) is 3.45. The highest BCUT2D eigenvalue weighted by atomic mass is 79.9. The lowest BCUT2D eigenvalue weighted by molar-refractivity contribution is -0.141. The average molecular weight is 313 g/mol. The van der Waals surface area contributed by atoms with Gasteiger partial charge in [0.15, 0.2) is 0 Å². The molecule has 0 aliphatic heterocycles. The Morgan fingerprint density at radius 2 is 1.94 bits per heavy atom. The van der Waals surface area contributed by atoms with Crippen molar-refractivity contribution in [3.05, 3.63) is 33.8 Å². The molecule has 0 fully saturated rings. The molecule has 0 bridgehead atoms. The van der Waals surface area contributed by atoms with E-state index in [4.69, 9.17) is 5.11 Å². The number of benzene rings is 1. The maximum Gasteiger partial charge on any atom is 0.306 e. The highest BCUT2D eigenvalue weighted by molar-refractivity contribution is 9.10. The molecule has 0 saturated heterocycles. The van der Waals surface area contributed by atoms with E-state index >= 15 is 0 Å². The summed E-state index contributed by atoms with van der Waals surface area (Å²) in [5.41, 5.74) is 2.40. The smallest absolute Gasteiger partial charge is 0.306 e. The number of carbonyl (C=O) groups is 1. The molecule has 0 heterocycles. The fourth-order valence-corrected chi connectivity index (χ4v) is 2.95. The summed E-state index contributed by atoms with van der Waals surface area (Å²) in [6, 6.07) is 6.25. The molecule has 1 N–H and O–H groups in total. The van der Waals surface area contributed by atoms with Crippen LogP contribution in [-0.4, -0.2) is 11.1 Å². The van der Waals surface area contributed by atoms with Crippen LogP contribution in [0.4, 0.5) is 0 Å². The van der Waals surface area contributed by atoms with E-state index in [0.29, 0.717) is 12.3 Å². The molecular weight excluding hydrogens is 292 g/mol. The van der Waals surface area contributed by atoms with Crippen molar-refractivity contribution in [2.75, 3.05) is 0 Å². The summed E-state index contributed by atoms with van der Waals surface area (Å²) in [6.07, 6.45) is 2.83. The second kappa shape index (κ2) is 6.93. The summed E-state index contributed by atoms with van der Waals surface area (Å²) in [5, 5.41) is 8.92. The van der Waals surface area contributed by atoms with E-state index in [1.807, 2.05) is 0 Å². The summed E-state index contributed by atoms with van der Waals surface area (Å²) in [7, 11) is 0. The van der Waals surface area contributed by atoms with Gasteiger partial charge in [-0.3, -0.25) is 4.79 Å². The second-order valence-electron chi connectivity index (χ2n) is 4.81. The Morgan fingerprint density at radius 3 is 2.39 bits per heavy atom. The Morgan fingerprint density at radius 1 is 1.33 bits per heavy atom. The molecule has 0 radical (unpaired) electrons. The molecule has 1 unspecified atom stereocenters. The molecule has 0 aliphatic carbocycles. The van der Waals surface area contributed by atoms with Crippen LogP contribution in [0.25, 0.3) is 0 Å². The largest absolute Gasteiger partial charge is 0.481 e. The standard InChI is InChI=1S/C15H21BrO2/c1-4-12(5-2)13-7-6-11(9-14(13)16)8-10(3)15(17)18/h6-7,9-10,12H,4-5,8H2,1-3H3,(H,17,18). The highest BCUT2D eigenvalue weighted by Gasteiger charge is 2.14. The van der Waals surface area contributed by atoms with Crippen molar-refractivity contribution < 1.29 is 9.90 Å². The highest BCUT2D eigenvalue weighted by Crippen LogP contribution is 2.31. The van der Waals surface area contributed by atoms with Crippen molar-refractivity contribution in [2.45, 2.75) is 46.0 Å². The molecular formula is C15H21BrO2. The van der Waals surface area contributed by atoms with Crippen LogP contribution in [0, 0.1) is 5.92 Å². The lowest BCUT2D eigenvalue weighted by Gasteiger charge is -2.16. The number of hydrogen-bond acceptors (Lipinski definition) is 1. The van der Waals surface area contributed by atoms with Crippen LogP contribution in [-0.2, 0) is 11.2 Å². The number of hydrogen-bond donors (Lipinski definition) is 1. The van der Waals surface area contributed by atoms with Crippen LogP contribution in [0.2, 0.25) is 0 Å². The maximum atomic E-state index is 10.8. The Hall–Kier alpha value is -0.830. The first kappa shape index (κ1) is 15.2. The van der Waals surface area contributed by atoms with Gasteiger partial charge < -0.3 is 5.11 Å². The summed E-state index contributed by atoms with van der Waals surface area (Å²) < 4.78 is 1.10. The molecule has 0 spiro atoms. The molecule has 18 heavy (non-hydrogen) atoms. The number of halogens is 1. The van der Waals surface area contributed by atoms with Crippen molar-refractivity contribution in [2.24, 2.45) is 5.92 Å². The molecule has 0 aromatic heterocycles. The maximum absolute atomic E-state index is 10.8. The normalized spacial score (nSPS) is 12.7. The number of carboxylic acid groups (broad SMARTS) is 1. The van der Waals surface area contributed by atoms with Gasteiger partial charge in [0.1, 0.15) is 0 Å². The third-order valence-corrected chi connectivity index (χ3v) is 4.14. The van der Waals surface area contributed by atoms with Gasteiger partial charge in [-0.1, -0.05) is 48.8 Å². The van der Waals surface area contributed by atoms with Gasteiger partial charge in [-0.2, -0.15) is 0 Å². The average Bonchev–Trinajstić information content (AvgIpc) is 2.33. The molecule has 1 aromatic rings. The molecule has 1 aromatic carbocycles. The van der Waals surface area contributed by atoms with Crippen LogP contribution >= 0.6 is 15.9 Å². The molecule has 1 atom stereocenters. The minimum absolute atomic E-state index is 0.337. The SMILES string of the molecule is CCC(CC)c1ccc(CC(C)C(=O)O)cc1Br. The molecule has 0 aliphatic rings.